The molecule has 0 saturated heterocycles. The van der Waals surface area contributed by atoms with Crippen LogP contribution in [0.1, 0.15) is 23.5 Å². The van der Waals surface area contributed by atoms with Crippen molar-refractivity contribution in [3.8, 4) is 0 Å². The van der Waals surface area contributed by atoms with Gasteiger partial charge in [-0.25, -0.2) is 4.98 Å². The standard InChI is InChI=1S/C14H16BrN5OS3/c1-3-20(4-2)14(22)23-9-7-17-6-5-8(9)18-12(21)10-11(15)19-13(16)24-10/h5-7H,3-4H2,1-2H3,(H2,16,19)(H,17,18,21). The minimum Gasteiger partial charge on any atom is -0.375 e. The fraction of sp³-hybridized carbons (Fsp3) is 0.286. The Morgan fingerprint density at radius 2 is 2.21 bits per heavy atom. The Morgan fingerprint density at radius 3 is 2.79 bits per heavy atom. The fourth-order valence-electron chi connectivity index (χ4n) is 1.84. The topological polar surface area (TPSA) is 84.1 Å². The van der Waals surface area contributed by atoms with Gasteiger partial charge >= 0.3 is 0 Å². The lowest BCUT2D eigenvalue weighted by Crippen LogP contribution is -2.26. The van der Waals surface area contributed by atoms with Crippen molar-refractivity contribution in [3.63, 3.8) is 0 Å². The highest BCUT2D eigenvalue weighted by Crippen LogP contribution is 2.31. The summed E-state index contributed by atoms with van der Waals surface area (Å²) in [6.07, 6.45) is 3.31. The molecular formula is C14H16BrN5OS3. The van der Waals surface area contributed by atoms with E-state index in [4.69, 9.17) is 18.0 Å². The van der Waals surface area contributed by atoms with Crippen LogP contribution in [0.15, 0.2) is 28.0 Å². The highest BCUT2D eigenvalue weighted by Gasteiger charge is 2.18. The molecule has 0 spiro atoms. The van der Waals surface area contributed by atoms with Crippen molar-refractivity contribution in [2.75, 3.05) is 24.1 Å². The SMILES string of the molecule is CCN(CC)C(=S)Sc1cnccc1NC(=O)c1sc(N)nc1Br. The summed E-state index contributed by atoms with van der Waals surface area (Å²) in [4.78, 5) is 23.8. The number of nitrogens with one attached hydrogen (secondary N) is 1. The molecule has 1 amide bonds. The summed E-state index contributed by atoms with van der Waals surface area (Å²) in [7, 11) is 0. The van der Waals surface area contributed by atoms with Gasteiger partial charge in [0.1, 0.15) is 13.8 Å². The normalized spacial score (nSPS) is 10.5. The molecule has 0 unspecified atom stereocenters. The van der Waals surface area contributed by atoms with Gasteiger partial charge in [-0.15, -0.1) is 0 Å². The van der Waals surface area contributed by atoms with Gasteiger partial charge < -0.3 is 16.0 Å². The first kappa shape index (κ1) is 19.1. The van der Waals surface area contributed by atoms with Gasteiger partial charge in [0.05, 0.1) is 10.6 Å². The van der Waals surface area contributed by atoms with Gasteiger partial charge in [0.25, 0.3) is 5.91 Å². The molecule has 0 atom stereocenters. The molecule has 6 nitrogen and oxygen atoms in total. The van der Waals surface area contributed by atoms with E-state index in [0.717, 1.165) is 33.6 Å². The molecule has 0 aliphatic heterocycles. The number of hydrogen-bond acceptors (Lipinski definition) is 7. The monoisotopic (exact) mass is 445 g/mol. The molecule has 0 fully saturated rings. The summed E-state index contributed by atoms with van der Waals surface area (Å²) < 4.78 is 1.18. The molecule has 0 radical (unpaired) electrons. The van der Waals surface area contributed by atoms with Crippen LogP contribution in [-0.2, 0) is 0 Å². The number of anilines is 2. The maximum atomic E-state index is 12.4. The van der Waals surface area contributed by atoms with Crippen molar-refractivity contribution >= 4 is 72.3 Å². The van der Waals surface area contributed by atoms with E-state index in [-0.39, 0.29) is 5.91 Å². The molecule has 0 aliphatic rings. The molecule has 2 aromatic rings. The average molecular weight is 446 g/mol. The Labute approximate surface area is 162 Å². The van der Waals surface area contributed by atoms with Gasteiger partial charge in [0, 0.05) is 25.5 Å². The first-order chi connectivity index (χ1) is 11.5. The van der Waals surface area contributed by atoms with Crippen molar-refractivity contribution in [1.82, 2.24) is 14.9 Å². The molecule has 24 heavy (non-hydrogen) atoms. The number of aromatic nitrogens is 2. The van der Waals surface area contributed by atoms with Crippen LogP contribution in [-0.4, -0.2) is 38.2 Å². The molecule has 0 saturated carbocycles. The Kier molecular flexibility index (Phi) is 6.96. The summed E-state index contributed by atoms with van der Waals surface area (Å²) in [5.74, 6) is -0.280. The number of carbonyl (C=O) groups excluding carboxylic acids is 1. The number of thioether (sulfide) groups is 1. The highest BCUT2D eigenvalue weighted by atomic mass is 79.9. The summed E-state index contributed by atoms with van der Waals surface area (Å²) in [6.45, 7) is 5.76. The Morgan fingerprint density at radius 1 is 1.50 bits per heavy atom. The smallest absolute Gasteiger partial charge is 0.268 e. The summed E-state index contributed by atoms with van der Waals surface area (Å²) in [5.41, 5.74) is 6.28. The lowest BCUT2D eigenvalue weighted by atomic mass is 10.4. The Hall–Kier alpha value is -1.23. The zero-order valence-corrected chi connectivity index (χ0v) is 17.1. The van der Waals surface area contributed by atoms with E-state index in [2.05, 4.69) is 36.1 Å². The van der Waals surface area contributed by atoms with E-state index < -0.39 is 0 Å². The first-order valence-electron chi connectivity index (χ1n) is 7.10. The molecule has 2 rings (SSSR count). The van der Waals surface area contributed by atoms with E-state index in [0.29, 0.717) is 20.3 Å². The van der Waals surface area contributed by atoms with Crippen molar-refractivity contribution in [2.24, 2.45) is 0 Å². The Bertz CT molecular complexity index is 748. The molecule has 0 aromatic carbocycles. The van der Waals surface area contributed by atoms with Crippen LogP contribution >= 0.6 is 51.2 Å². The minimum absolute atomic E-state index is 0.280. The number of hydrogen-bond donors (Lipinski definition) is 2. The van der Waals surface area contributed by atoms with Gasteiger partial charge in [-0.3, -0.25) is 9.78 Å². The second-order valence-electron chi connectivity index (χ2n) is 4.54. The van der Waals surface area contributed by atoms with Crippen molar-refractivity contribution in [1.29, 1.82) is 0 Å². The zero-order chi connectivity index (χ0) is 17.7. The molecule has 0 bridgehead atoms. The van der Waals surface area contributed by atoms with Gasteiger partial charge in [-0.2, -0.15) is 0 Å². The van der Waals surface area contributed by atoms with E-state index in [1.807, 2.05) is 13.8 Å². The largest absolute Gasteiger partial charge is 0.375 e. The van der Waals surface area contributed by atoms with Gasteiger partial charge in [-0.05, 0) is 35.8 Å². The number of thiazole rings is 1. The summed E-state index contributed by atoms with van der Waals surface area (Å²) in [5, 5.41) is 3.20. The fourth-order valence-corrected chi connectivity index (χ4v) is 4.64. The van der Waals surface area contributed by atoms with Crippen molar-refractivity contribution < 1.29 is 4.79 Å². The van der Waals surface area contributed by atoms with Crippen LogP contribution in [0.3, 0.4) is 0 Å². The predicted octanol–water partition coefficient (Wildman–Crippen LogP) is 3.85. The van der Waals surface area contributed by atoms with Gasteiger partial charge in [0.15, 0.2) is 5.13 Å². The molecule has 3 N–H and O–H groups in total. The van der Waals surface area contributed by atoms with E-state index in [1.165, 1.54) is 11.8 Å². The molecule has 10 heteroatoms. The lowest BCUT2D eigenvalue weighted by Gasteiger charge is -2.21. The number of amides is 1. The quantitative estimate of drug-likeness (QED) is 0.533. The first-order valence-corrected chi connectivity index (χ1v) is 9.93. The van der Waals surface area contributed by atoms with Gasteiger partial charge in [0.2, 0.25) is 0 Å². The second kappa shape index (κ2) is 8.75. The van der Waals surface area contributed by atoms with Crippen molar-refractivity contribution in [2.45, 2.75) is 18.7 Å². The summed E-state index contributed by atoms with van der Waals surface area (Å²) >= 11 is 11.2. The number of nitrogens with two attached hydrogens (primary N) is 1. The molecule has 2 aromatic heterocycles. The molecule has 0 aliphatic carbocycles. The van der Waals surface area contributed by atoms with E-state index in [9.17, 15) is 4.79 Å². The third-order valence-electron chi connectivity index (χ3n) is 3.06. The van der Waals surface area contributed by atoms with Crippen LogP contribution in [0.2, 0.25) is 0 Å². The average Bonchev–Trinajstić information content (AvgIpc) is 2.89. The minimum atomic E-state index is -0.280. The number of thiocarbonyl (C=S) groups is 1. The number of pyridine rings is 1. The maximum Gasteiger partial charge on any atom is 0.268 e. The Balaban J connectivity index is 2.18. The van der Waals surface area contributed by atoms with Gasteiger partial charge in [-0.1, -0.05) is 35.3 Å². The third-order valence-corrected chi connectivity index (χ3v) is 6.27. The number of nitrogens with zero attached hydrogens (tertiary/aromatic N) is 3. The molecule has 128 valence electrons. The zero-order valence-electron chi connectivity index (χ0n) is 13.1. The number of halogens is 1. The number of carbonyl (C=O) groups is 1. The van der Waals surface area contributed by atoms with Crippen LogP contribution in [0.4, 0.5) is 10.8 Å². The number of rotatable bonds is 5. The molecule has 2 heterocycles. The van der Waals surface area contributed by atoms with E-state index in [1.54, 1.807) is 18.5 Å². The maximum absolute atomic E-state index is 12.4. The number of nitrogen functional groups attached to an aromatic ring is 1. The van der Waals surface area contributed by atoms with Crippen LogP contribution < -0.4 is 11.1 Å². The van der Waals surface area contributed by atoms with Crippen LogP contribution in [0.25, 0.3) is 0 Å². The highest BCUT2D eigenvalue weighted by molar-refractivity contribution is 9.10. The van der Waals surface area contributed by atoms with Crippen molar-refractivity contribution in [3.05, 3.63) is 27.9 Å². The summed E-state index contributed by atoms with van der Waals surface area (Å²) in [6, 6.07) is 1.74. The van der Waals surface area contributed by atoms with Crippen LogP contribution in [0.5, 0.6) is 0 Å². The van der Waals surface area contributed by atoms with Crippen LogP contribution in [0, 0.1) is 0 Å². The second-order valence-corrected chi connectivity index (χ2v) is 8.00. The predicted molar refractivity (Wildman–Crippen MR) is 108 cm³/mol. The molecular weight excluding hydrogens is 430 g/mol. The lowest BCUT2D eigenvalue weighted by molar-refractivity contribution is 0.102. The third kappa shape index (κ3) is 4.65. The van der Waals surface area contributed by atoms with E-state index >= 15 is 0 Å².